The topological polar surface area (TPSA) is 237 Å². The van der Waals surface area contributed by atoms with Crippen molar-refractivity contribution in [1.82, 2.24) is 0 Å². The molecule has 0 saturated heterocycles. The van der Waals surface area contributed by atoms with E-state index in [9.17, 15) is 43.2 Å². The van der Waals surface area contributed by atoms with E-state index in [2.05, 4.69) is 41.5 Å². The lowest BCUT2D eigenvalue weighted by Crippen LogP contribution is -2.30. The summed E-state index contributed by atoms with van der Waals surface area (Å²) in [6, 6.07) is 0. The summed E-state index contributed by atoms with van der Waals surface area (Å²) in [4.78, 5) is 73.5. The molecule has 6 atom stereocenters. The molecule has 17 nitrogen and oxygen atoms in total. The zero-order valence-electron chi connectivity index (χ0n) is 74.7. The number of rotatable bonds is 93. The van der Waals surface area contributed by atoms with E-state index in [-0.39, 0.29) is 25.7 Å². The lowest BCUT2D eigenvalue weighted by Gasteiger charge is -2.21. The first-order chi connectivity index (χ1) is 54.9. The number of carbonyl (C=O) groups excluding carboxylic acids is 4. The van der Waals surface area contributed by atoms with Crippen LogP contribution in [0.4, 0.5) is 0 Å². The highest BCUT2D eigenvalue weighted by atomic mass is 31.2. The molecule has 3 unspecified atom stereocenters. The highest BCUT2D eigenvalue weighted by Crippen LogP contribution is 2.45. The molecule has 672 valence electrons. The van der Waals surface area contributed by atoms with Crippen LogP contribution >= 0.6 is 15.6 Å². The predicted octanol–water partition coefficient (Wildman–Crippen LogP) is 29.4. The van der Waals surface area contributed by atoms with Crippen LogP contribution in [0.2, 0.25) is 0 Å². The molecule has 0 aromatic rings. The van der Waals surface area contributed by atoms with E-state index in [1.165, 1.54) is 327 Å². The molecule has 113 heavy (non-hydrogen) atoms. The first-order valence-corrected chi connectivity index (χ1v) is 51.5. The average Bonchev–Trinajstić information content (AvgIpc) is 0.895. The maximum Gasteiger partial charge on any atom is 0.472 e. The van der Waals surface area contributed by atoms with E-state index < -0.39 is 97.5 Å². The SMILES string of the molecule is CCCCCCCCCCCCCCCCCCCCCCCCC(=O)OC[C@H](COP(=O)(O)OC[C@@H](O)COP(=O)(O)OC[C@@H](COC(=O)CCCCCCCCCCC(C)CC)OC(=O)CCCCCCCCCCCCCCCCC(C)C)OC(=O)CCCCCCCCCCCCCCCCCCCCCCCC. The molecule has 0 saturated carbocycles. The van der Waals surface area contributed by atoms with Crippen LogP contribution in [0.1, 0.15) is 510 Å². The Bertz CT molecular complexity index is 2150. The van der Waals surface area contributed by atoms with Crippen LogP contribution in [0.15, 0.2) is 0 Å². The van der Waals surface area contributed by atoms with Gasteiger partial charge in [0.2, 0.25) is 0 Å². The number of phosphoric acid groups is 2. The van der Waals surface area contributed by atoms with Crippen molar-refractivity contribution in [3.63, 3.8) is 0 Å². The second-order valence-electron chi connectivity index (χ2n) is 34.5. The molecule has 0 amide bonds. The largest absolute Gasteiger partial charge is 0.472 e. The van der Waals surface area contributed by atoms with Gasteiger partial charge in [0.05, 0.1) is 26.4 Å². The molecule has 0 aliphatic carbocycles. The Morgan fingerprint density at radius 3 is 0.673 bits per heavy atom. The molecular weight excluding hydrogens is 1460 g/mol. The molecule has 0 bridgehead atoms. The number of carbonyl (C=O) groups is 4. The van der Waals surface area contributed by atoms with Gasteiger partial charge in [-0.25, -0.2) is 9.13 Å². The van der Waals surface area contributed by atoms with Gasteiger partial charge in [-0.05, 0) is 37.5 Å². The molecular formula is C94H184O17P2. The summed E-state index contributed by atoms with van der Waals surface area (Å²) in [5.74, 6) is -0.522. The maximum absolute atomic E-state index is 13.2. The van der Waals surface area contributed by atoms with Gasteiger partial charge < -0.3 is 33.8 Å². The van der Waals surface area contributed by atoms with Crippen LogP contribution in [0.5, 0.6) is 0 Å². The lowest BCUT2D eigenvalue weighted by atomic mass is 9.99. The fourth-order valence-corrected chi connectivity index (χ4v) is 16.4. The Morgan fingerprint density at radius 2 is 0.451 bits per heavy atom. The van der Waals surface area contributed by atoms with E-state index in [0.29, 0.717) is 25.7 Å². The van der Waals surface area contributed by atoms with Crippen LogP contribution in [0, 0.1) is 11.8 Å². The minimum Gasteiger partial charge on any atom is -0.462 e. The predicted molar refractivity (Wildman–Crippen MR) is 469 cm³/mol. The van der Waals surface area contributed by atoms with Crippen molar-refractivity contribution in [2.24, 2.45) is 11.8 Å². The number of esters is 4. The van der Waals surface area contributed by atoms with Crippen molar-refractivity contribution in [2.45, 2.75) is 529 Å². The zero-order valence-corrected chi connectivity index (χ0v) is 76.5. The molecule has 0 radical (unpaired) electrons. The number of unbranched alkanes of at least 4 members (excludes halogenated alkanes) is 62. The Kier molecular flexibility index (Phi) is 83.6. The lowest BCUT2D eigenvalue weighted by molar-refractivity contribution is -0.161. The van der Waals surface area contributed by atoms with Crippen LogP contribution < -0.4 is 0 Å². The number of aliphatic hydroxyl groups is 1. The van der Waals surface area contributed by atoms with Gasteiger partial charge in [-0.3, -0.25) is 37.3 Å². The summed E-state index contributed by atoms with van der Waals surface area (Å²) in [5.41, 5.74) is 0. The Morgan fingerprint density at radius 1 is 0.257 bits per heavy atom. The normalized spacial score (nSPS) is 13.9. The molecule has 0 heterocycles. The summed E-state index contributed by atoms with van der Waals surface area (Å²) in [7, 11) is -9.94. The molecule has 3 N–H and O–H groups in total. The molecule has 19 heteroatoms. The van der Waals surface area contributed by atoms with Gasteiger partial charge in [-0.2, -0.15) is 0 Å². The van der Waals surface area contributed by atoms with Gasteiger partial charge in [0.1, 0.15) is 19.3 Å². The van der Waals surface area contributed by atoms with Crippen LogP contribution in [0.25, 0.3) is 0 Å². The smallest absolute Gasteiger partial charge is 0.462 e. The second-order valence-corrected chi connectivity index (χ2v) is 37.4. The molecule has 0 aliphatic rings. The van der Waals surface area contributed by atoms with Gasteiger partial charge in [-0.1, -0.05) is 459 Å². The average molecular weight is 1650 g/mol. The fraction of sp³-hybridized carbons (Fsp3) is 0.957. The van der Waals surface area contributed by atoms with Crippen molar-refractivity contribution in [2.75, 3.05) is 39.6 Å². The monoisotopic (exact) mass is 1650 g/mol. The summed E-state index contributed by atoms with van der Waals surface area (Å²) in [6.45, 7) is 9.74. The van der Waals surface area contributed by atoms with E-state index in [1.54, 1.807) is 0 Å². The number of aliphatic hydroxyl groups excluding tert-OH is 1. The van der Waals surface area contributed by atoms with Crippen LogP contribution in [0.3, 0.4) is 0 Å². The van der Waals surface area contributed by atoms with E-state index in [4.69, 9.17) is 37.0 Å². The Hall–Kier alpha value is -1.94. The third kappa shape index (κ3) is 86.3. The van der Waals surface area contributed by atoms with Crippen molar-refractivity contribution in [3.8, 4) is 0 Å². The molecule has 0 spiro atoms. The first-order valence-electron chi connectivity index (χ1n) is 48.5. The van der Waals surface area contributed by atoms with E-state index in [1.807, 2.05) is 0 Å². The third-order valence-corrected chi connectivity index (χ3v) is 24.5. The van der Waals surface area contributed by atoms with Crippen LogP contribution in [-0.2, 0) is 65.4 Å². The summed E-state index contributed by atoms with van der Waals surface area (Å²) >= 11 is 0. The van der Waals surface area contributed by atoms with Crippen molar-refractivity contribution < 1.29 is 80.2 Å². The number of ether oxygens (including phenoxy) is 4. The van der Waals surface area contributed by atoms with Crippen molar-refractivity contribution >= 4 is 39.5 Å². The second kappa shape index (κ2) is 85.1. The highest BCUT2D eigenvalue weighted by Gasteiger charge is 2.31. The van der Waals surface area contributed by atoms with Gasteiger partial charge >= 0.3 is 39.5 Å². The first kappa shape index (κ1) is 111. The molecule has 0 aliphatic heterocycles. The fourth-order valence-electron chi connectivity index (χ4n) is 14.8. The number of phosphoric ester groups is 2. The van der Waals surface area contributed by atoms with Gasteiger partial charge in [0, 0.05) is 25.7 Å². The number of hydrogen-bond donors (Lipinski definition) is 3. The highest BCUT2D eigenvalue weighted by molar-refractivity contribution is 7.47. The zero-order chi connectivity index (χ0) is 82.7. The Labute approximate surface area is 696 Å². The number of hydrogen-bond acceptors (Lipinski definition) is 15. The Balaban J connectivity index is 5.24. The van der Waals surface area contributed by atoms with Gasteiger partial charge in [0.25, 0.3) is 0 Å². The maximum atomic E-state index is 13.2. The third-order valence-electron chi connectivity index (χ3n) is 22.6. The minimum atomic E-state index is -4.97. The summed E-state index contributed by atoms with van der Waals surface area (Å²) < 4.78 is 69.2. The summed E-state index contributed by atoms with van der Waals surface area (Å²) in [6.07, 6.45) is 80.8. The van der Waals surface area contributed by atoms with E-state index in [0.717, 1.165) is 102 Å². The molecule has 0 aromatic carbocycles. The molecule has 0 rings (SSSR count). The van der Waals surface area contributed by atoms with E-state index >= 15 is 0 Å². The standard InChI is InChI=1S/C94H184O17P2/c1-7-10-12-14-16-18-20-22-24-26-28-30-32-34-36-38-43-47-51-58-64-70-76-91(96)104-82-89(110-93(98)78-72-66-60-52-48-44-39-37-35-33-31-29-27-25-23-21-19-17-15-13-11-8-2)84-108-112(100,101)106-80-88(95)81-107-113(102,103)109-85-90(83-105-92(97)77-71-65-59-55-54-57-63-69-75-87(6)9-3)111-94(99)79-73-67-61-53-49-45-41-40-42-46-50-56-62-68-74-86(4)5/h86-90,95H,7-85H2,1-6H3,(H,100,101)(H,102,103)/t87?,88-,89-,90-/m1/s1. The van der Waals surface area contributed by atoms with Crippen molar-refractivity contribution in [3.05, 3.63) is 0 Å². The molecule has 0 fully saturated rings. The van der Waals surface area contributed by atoms with Gasteiger partial charge in [0.15, 0.2) is 12.2 Å². The summed E-state index contributed by atoms with van der Waals surface area (Å²) in [5, 5.41) is 10.7. The van der Waals surface area contributed by atoms with Gasteiger partial charge in [-0.15, -0.1) is 0 Å². The van der Waals surface area contributed by atoms with Crippen molar-refractivity contribution in [1.29, 1.82) is 0 Å². The quantitative estimate of drug-likeness (QED) is 0.0222. The van der Waals surface area contributed by atoms with Crippen LogP contribution in [-0.4, -0.2) is 96.7 Å². The molecule has 0 aromatic heterocycles. The minimum absolute atomic E-state index is 0.108.